The van der Waals surface area contributed by atoms with Crippen LogP contribution in [0.1, 0.15) is 22.4 Å². The maximum absolute atomic E-state index is 12.9. The number of hydrogen-bond acceptors (Lipinski definition) is 5. The summed E-state index contributed by atoms with van der Waals surface area (Å²) in [5.41, 5.74) is 6.00. The summed E-state index contributed by atoms with van der Waals surface area (Å²) in [4.78, 5) is 19.9. The number of aromatic nitrogens is 2. The quantitative estimate of drug-likeness (QED) is 0.593. The molecule has 2 aliphatic rings. The van der Waals surface area contributed by atoms with Gasteiger partial charge in [0.1, 0.15) is 5.75 Å². The molecular weight excluding hydrogens is 426 g/mol. The summed E-state index contributed by atoms with van der Waals surface area (Å²) >= 11 is 6.14. The number of allylic oxidation sites excluding steroid dienone is 1. The third-order valence-electron chi connectivity index (χ3n) is 6.01. The molecule has 0 bridgehead atoms. The van der Waals surface area contributed by atoms with E-state index >= 15 is 0 Å². The highest BCUT2D eigenvalue weighted by molar-refractivity contribution is 6.30. The zero-order chi connectivity index (χ0) is 22.1. The highest BCUT2D eigenvalue weighted by atomic mass is 35.5. The fraction of sp³-hybridized carbons (Fsp3) is 0.280. The normalized spacial score (nSPS) is 15.4. The minimum Gasteiger partial charge on any atom is -0.496 e. The number of ether oxygens (including phenoxy) is 2. The molecule has 0 amide bonds. The summed E-state index contributed by atoms with van der Waals surface area (Å²) in [6.45, 7) is 3.58. The third kappa shape index (κ3) is 4.04. The first kappa shape index (κ1) is 20.8. The molecule has 3 heterocycles. The van der Waals surface area contributed by atoms with E-state index in [1.54, 1.807) is 23.8 Å². The number of methoxy groups -OCH3 is 1. The lowest BCUT2D eigenvalue weighted by Crippen LogP contribution is -2.36. The van der Waals surface area contributed by atoms with Crippen molar-refractivity contribution in [2.24, 2.45) is 0 Å². The number of pyridine rings is 2. The van der Waals surface area contributed by atoms with E-state index in [0.717, 1.165) is 66.4 Å². The number of benzene rings is 1. The predicted molar refractivity (Wildman–Crippen MR) is 126 cm³/mol. The Labute approximate surface area is 191 Å². The summed E-state index contributed by atoms with van der Waals surface area (Å²) < 4.78 is 12.5. The first-order chi connectivity index (χ1) is 15.6. The molecule has 164 valence electrons. The molecule has 0 atom stereocenters. The van der Waals surface area contributed by atoms with E-state index in [9.17, 15) is 4.79 Å². The van der Waals surface area contributed by atoms with Crippen molar-refractivity contribution in [2.75, 3.05) is 38.3 Å². The number of anilines is 1. The van der Waals surface area contributed by atoms with Crippen molar-refractivity contribution in [1.29, 1.82) is 0 Å². The van der Waals surface area contributed by atoms with E-state index in [2.05, 4.69) is 22.0 Å². The van der Waals surface area contributed by atoms with Crippen LogP contribution in [0, 0.1) is 0 Å². The van der Waals surface area contributed by atoms with Crippen LogP contribution < -0.4 is 15.2 Å². The van der Waals surface area contributed by atoms with Crippen LogP contribution in [0.4, 0.5) is 5.69 Å². The van der Waals surface area contributed by atoms with Gasteiger partial charge >= 0.3 is 0 Å². The number of hydrogen-bond donors (Lipinski definition) is 0. The van der Waals surface area contributed by atoms with Gasteiger partial charge in [0.25, 0.3) is 5.56 Å². The minimum atomic E-state index is -0.0730. The van der Waals surface area contributed by atoms with Crippen molar-refractivity contribution in [3.8, 4) is 5.75 Å². The van der Waals surface area contributed by atoms with Gasteiger partial charge in [0, 0.05) is 47.9 Å². The Morgan fingerprint density at radius 2 is 2.00 bits per heavy atom. The molecule has 1 aromatic carbocycles. The fourth-order valence-corrected chi connectivity index (χ4v) is 4.51. The maximum atomic E-state index is 12.9. The van der Waals surface area contributed by atoms with Crippen LogP contribution in [0.5, 0.6) is 5.75 Å². The van der Waals surface area contributed by atoms with E-state index in [1.807, 2.05) is 30.6 Å². The molecule has 1 aliphatic heterocycles. The largest absolute Gasteiger partial charge is 0.496 e. The van der Waals surface area contributed by atoms with Crippen LogP contribution in [0.25, 0.3) is 5.57 Å². The van der Waals surface area contributed by atoms with E-state index in [0.29, 0.717) is 17.3 Å². The Hall–Kier alpha value is -3.09. The average molecular weight is 450 g/mol. The van der Waals surface area contributed by atoms with Crippen LogP contribution in [0.2, 0.25) is 5.02 Å². The number of rotatable bonds is 5. The summed E-state index contributed by atoms with van der Waals surface area (Å²) in [5.74, 6) is 0.708. The number of halogens is 1. The van der Waals surface area contributed by atoms with Crippen LogP contribution >= 0.6 is 11.6 Å². The monoisotopic (exact) mass is 449 g/mol. The first-order valence-corrected chi connectivity index (χ1v) is 11.1. The second-order valence-electron chi connectivity index (χ2n) is 7.95. The highest BCUT2D eigenvalue weighted by Gasteiger charge is 2.20. The highest BCUT2D eigenvalue weighted by Crippen LogP contribution is 2.34. The van der Waals surface area contributed by atoms with E-state index in [-0.39, 0.29) is 5.56 Å². The molecule has 7 heteroatoms. The first-order valence-electron chi connectivity index (χ1n) is 10.7. The molecule has 0 unspecified atom stereocenters. The standard InChI is InChI=1S/C25H24ClN3O3/c1-31-24-5-2-19(26)12-18(24)16-29-7-6-17(13-25(29)30)21-3-4-23-22(21)14-20(15-27-23)28-8-10-32-11-9-28/h2-3,5-7,12-15H,4,8-11,16H2,1H3. The Bertz CT molecular complexity index is 1250. The molecule has 1 saturated heterocycles. The predicted octanol–water partition coefficient (Wildman–Crippen LogP) is 3.78. The number of morpholine rings is 1. The molecule has 5 rings (SSSR count). The van der Waals surface area contributed by atoms with Gasteiger partial charge in [-0.15, -0.1) is 0 Å². The molecule has 2 aromatic heterocycles. The van der Waals surface area contributed by atoms with Gasteiger partial charge in [0.05, 0.1) is 44.4 Å². The van der Waals surface area contributed by atoms with Crippen molar-refractivity contribution in [3.63, 3.8) is 0 Å². The molecule has 6 nitrogen and oxygen atoms in total. The SMILES string of the molecule is COc1ccc(Cl)cc1Cn1ccc(C2=CCc3ncc(N4CCOCC4)cc32)cc1=O. The van der Waals surface area contributed by atoms with Gasteiger partial charge in [-0.25, -0.2) is 0 Å². The third-order valence-corrected chi connectivity index (χ3v) is 6.25. The Kier molecular flexibility index (Phi) is 5.72. The minimum absolute atomic E-state index is 0.0730. The molecule has 32 heavy (non-hydrogen) atoms. The fourth-order valence-electron chi connectivity index (χ4n) is 4.31. The van der Waals surface area contributed by atoms with Gasteiger partial charge < -0.3 is 18.9 Å². The smallest absolute Gasteiger partial charge is 0.251 e. The van der Waals surface area contributed by atoms with E-state index < -0.39 is 0 Å². The molecule has 0 radical (unpaired) electrons. The van der Waals surface area contributed by atoms with Gasteiger partial charge in [-0.1, -0.05) is 17.7 Å². The topological polar surface area (TPSA) is 56.6 Å². The Morgan fingerprint density at radius 3 is 2.78 bits per heavy atom. The second kappa shape index (κ2) is 8.81. The van der Waals surface area contributed by atoms with Crippen LogP contribution in [0.15, 0.2) is 59.7 Å². The van der Waals surface area contributed by atoms with Gasteiger partial charge in [0.2, 0.25) is 0 Å². The van der Waals surface area contributed by atoms with Crippen molar-refractivity contribution >= 4 is 22.9 Å². The summed E-state index contributed by atoms with van der Waals surface area (Å²) in [6, 6.07) is 11.3. The summed E-state index contributed by atoms with van der Waals surface area (Å²) in [5, 5.41) is 0.613. The lowest BCUT2D eigenvalue weighted by atomic mass is 10.0. The van der Waals surface area contributed by atoms with Crippen molar-refractivity contribution < 1.29 is 9.47 Å². The number of fused-ring (bicyclic) bond motifs is 1. The van der Waals surface area contributed by atoms with Crippen LogP contribution in [-0.4, -0.2) is 43.0 Å². The molecule has 1 aliphatic carbocycles. The van der Waals surface area contributed by atoms with E-state index in [1.165, 1.54) is 0 Å². The van der Waals surface area contributed by atoms with Crippen LogP contribution in [-0.2, 0) is 17.7 Å². The van der Waals surface area contributed by atoms with Crippen molar-refractivity contribution in [1.82, 2.24) is 9.55 Å². The molecule has 1 fully saturated rings. The Morgan fingerprint density at radius 1 is 1.16 bits per heavy atom. The molecule has 3 aromatic rings. The molecule has 0 N–H and O–H groups in total. The molecule has 0 saturated carbocycles. The van der Waals surface area contributed by atoms with Gasteiger partial charge in [-0.3, -0.25) is 9.78 Å². The van der Waals surface area contributed by atoms with Crippen molar-refractivity contribution in [3.05, 3.63) is 92.6 Å². The zero-order valence-corrected chi connectivity index (χ0v) is 18.6. The summed E-state index contributed by atoms with van der Waals surface area (Å²) in [6.07, 6.45) is 6.70. The zero-order valence-electron chi connectivity index (χ0n) is 17.9. The average Bonchev–Trinajstić information content (AvgIpc) is 3.24. The maximum Gasteiger partial charge on any atom is 0.251 e. The van der Waals surface area contributed by atoms with Gasteiger partial charge in [-0.05, 0) is 41.5 Å². The number of nitrogens with zero attached hydrogens (tertiary/aromatic N) is 3. The van der Waals surface area contributed by atoms with Gasteiger partial charge in [0.15, 0.2) is 0 Å². The lowest BCUT2D eigenvalue weighted by molar-refractivity contribution is 0.122. The Balaban J connectivity index is 1.42. The molecular formula is C25H24ClN3O3. The van der Waals surface area contributed by atoms with E-state index in [4.69, 9.17) is 21.1 Å². The van der Waals surface area contributed by atoms with Crippen molar-refractivity contribution in [2.45, 2.75) is 13.0 Å². The second-order valence-corrected chi connectivity index (χ2v) is 8.38. The van der Waals surface area contributed by atoms with Gasteiger partial charge in [-0.2, -0.15) is 0 Å². The molecule has 0 spiro atoms. The van der Waals surface area contributed by atoms with Crippen LogP contribution in [0.3, 0.4) is 0 Å². The summed E-state index contributed by atoms with van der Waals surface area (Å²) in [7, 11) is 1.61. The lowest BCUT2D eigenvalue weighted by Gasteiger charge is -2.29.